The topological polar surface area (TPSA) is 107 Å². The third kappa shape index (κ3) is 3.62. The minimum atomic E-state index is -1.04. The fraction of sp³-hybridized carbons (Fsp3) is 0.100. The number of para-hydroxylation sites is 1. The monoisotopic (exact) mass is 364 g/mol. The van der Waals surface area contributed by atoms with Crippen LogP contribution in [0.4, 0.5) is 5.69 Å². The first-order chi connectivity index (χ1) is 13.0. The average molecular weight is 364 g/mol. The summed E-state index contributed by atoms with van der Waals surface area (Å²) in [4.78, 5) is 41.3. The second-order valence-electron chi connectivity index (χ2n) is 5.74. The van der Waals surface area contributed by atoms with Crippen molar-refractivity contribution in [2.45, 2.75) is 6.42 Å². The zero-order valence-electron chi connectivity index (χ0n) is 14.2. The lowest BCUT2D eigenvalue weighted by molar-refractivity contribution is -0.136. The molecule has 0 atom stereocenters. The van der Waals surface area contributed by atoms with Gasteiger partial charge in [0.05, 0.1) is 24.4 Å². The maximum Gasteiger partial charge on any atom is 0.305 e. The summed E-state index contributed by atoms with van der Waals surface area (Å²) in [5.74, 6) is -3.30. The van der Waals surface area contributed by atoms with Crippen LogP contribution in [0, 0.1) is 0 Å². The number of aliphatic imine (C=N–C) groups is 1. The molecular weight excluding hydrogens is 348 g/mol. The Morgan fingerprint density at radius 3 is 2.11 bits per heavy atom. The molecule has 2 N–H and O–H groups in total. The summed E-state index contributed by atoms with van der Waals surface area (Å²) in [5, 5.41) is 19.2. The molecule has 1 heterocycles. The smallest absolute Gasteiger partial charge is 0.305 e. The highest BCUT2D eigenvalue weighted by molar-refractivity contribution is 6.43. The molecule has 3 rings (SSSR count). The summed E-state index contributed by atoms with van der Waals surface area (Å²) in [5.41, 5.74) is 0.680. The van der Waals surface area contributed by atoms with E-state index in [1.807, 2.05) is 0 Å². The van der Waals surface area contributed by atoms with Crippen LogP contribution in [0.5, 0.6) is 0 Å². The van der Waals surface area contributed by atoms with Crippen LogP contribution in [0.2, 0.25) is 0 Å². The van der Waals surface area contributed by atoms with Crippen molar-refractivity contribution < 1.29 is 24.6 Å². The van der Waals surface area contributed by atoms with Gasteiger partial charge in [0.25, 0.3) is 5.91 Å². The number of nitrogens with zero attached hydrogens (tertiary/aromatic N) is 2. The average Bonchev–Trinajstić information content (AvgIpc) is 2.89. The van der Waals surface area contributed by atoms with Crippen LogP contribution in [0.1, 0.15) is 12.0 Å². The second-order valence-corrected chi connectivity index (χ2v) is 5.74. The molecule has 1 aliphatic rings. The largest absolute Gasteiger partial charge is 0.502 e. The molecule has 0 aliphatic carbocycles. The van der Waals surface area contributed by atoms with Crippen molar-refractivity contribution >= 4 is 29.2 Å². The number of rotatable bonds is 6. The van der Waals surface area contributed by atoms with Crippen molar-refractivity contribution in [2.24, 2.45) is 4.99 Å². The maximum absolute atomic E-state index is 12.9. The zero-order valence-corrected chi connectivity index (χ0v) is 14.2. The van der Waals surface area contributed by atoms with Crippen molar-refractivity contribution in [2.75, 3.05) is 11.4 Å². The lowest BCUT2D eigenvalue weighted by atomic mass is 10.0. The minimum Gasteiger partial charge on any atom is -0.502 e. The Hall–Kier alpha value is -3.74. The van der Waals surface area contributed by atoms with Gasteiger partial charge in [-0.2, -0.15) is 0 Å². The molecule has 136 valence electrons. The van der Waals surface area contributed by atoms with E-state index in [1.165, 1.54) is 0 Å². The first-order valence-corrected chi connectivity index (χ1v) is 8.20. The summed E-state index contributed by atoms with van der Waals surface area (Å²) in [6, 6.07) is 16.8. The van der Waals surface area contributed by atoms with E-state index in [2.05, 4.69) is 4.99 Å². The third-order valence-corrected chi connectivity index (χ3v) is 3.95. The molecule has 1 aliphatic heterocycles. The summed E-state index contributed by atoms with van der Waals surface area (Å²) >= 11 is 0. The van der Waals surface area contributed by atoms with E-state index in [0.717, 1.165) is 4.90 Å². The number of aliphatic hydroxyl groups is 1. The molecule has 2 aromatic rings. The van der Waals surface area contributed by atoms with Gasteiger partial charge in [-0.25, -0.2) is 4.90 Å². The first-order valence-electron chi connectivity index (χ1n) is 8.20. The summed E-state index contributed by atoms with van der Waals surface area (Å²) < 4.78 is 0. The van der Waals surface area contributed by atoms with Gasteiger partial charge >= 0.3 is 11.9 Å². The first kappa shape index (κ1) is 18.1. The van der Waals surface area contributed by atoms with Crippen molar-refractivity contribution in [3.63, 3.8) is 0 Å². The van der Waals surface area contributed by atoms with Crippen LogP contribution in [-0.4, -0.2) is 40.3 Å². The van der Waals surface area contributed by atoms with Gasteiger partial charge in [-0.1, -0.05) is 48.5 Å². The van der Waals surface area contributed by atoms with Gasteiger partial charge in [-0.05, 0) is 12.1 Å². The summed E-state index contributed by atoms with van der Waals surface area (Å²) in [6.07, 6.45) is -0.241. The Labute approximate surface area is 154 Å². The van der Waals surface area contributed by atoms with Gasteiger partial charge in [-0.15, -0.1) is 0 Å². The van der Waals surface area contributed by atoms with E-state index in [1.54, 1.807) is 60.7 Å². The van der Waals surface area contributed by atoms with Crippen LogP contribution < -0.4 is 4.90 Å². The number of carbonyl (C=O) groups is 3. The predicted octanol–water partition coefficient (Wildman–Crippen LogP) is 2.34. The molecular formula is C20H16N2O5. The number of carboxylic acids is 1. The Kier molecular flexibility index (Phi) is 5.12. The molecule has 0 radical (unpaired) electrons. The van der Waals surface area contributed by atoms with Gasteiger partial charge < -0.3 is 10.2 Å². The number of imide groups is 1. The number of aliphatic carboxylic acids is 1. The number of benzene rings is 2. The van der Waals surface area contributed by atoms with Crippen LogP contribution >= 0.6 is 0 Å². The van der Waals surface area contributed by atoms with Crippen LogP contribution in [0.15, 0.2) is 77.0 Å². The summed E-state index contributed by atoms with van der Waals surface area (Å²) in [6.45, 7) is -0.0941. The molecule has 0 spiro atoms. The highest BCUT2D eigenvalue weighted by Gasteiger charge is 2.42. The quantitative estimate of drug-likeness (QED) is 0.604. The van der Waals surface area contributed by atoms with Gasteiger partial charge in [0.2, 0.25) is 0 Å². The van der Waals surface area contributed by atoms with Gasteiger partial charge in [0.1, 0.15) is 5.57 Å². The molecule has 2 aromatic carbocycles. The molecule has 7 heteroatoms. The number of carboxylic acid groups (broad SMARTS) is 1. The van der Waals surface area contributed by atoms with E-state index in [-0.39, 0.29) is 24.3 Å². The molecule has 0 saturated heterocycles. The Bertz CT molecular complexity index is 949. The Morgan fingerprint density at radius 2 is 1.52 bits per heavy atom. The van der Waals surface area contributed by atoms with E-state index >= 15 is 0 Å². The van der Waals surface area contributed by atoms with E-state index in [0.29, 0.717) is 11.3 Å². The number of amides is 2. The van der Waals surface area contributed by atoms with Gasteiger partial charge in [0, 0.05) is 5.56 Å². The number of aliphatic hydroxyl groups excluding tert-OH is 1. The van der Waals surface area contributed by atoms with Crippen LogP contribution in [-0.2, 0) is 14.4 Å². The zero-order chi connectivity index (χ0) is 19.4. The fourth-order valence-corrected chi connectivity index (χ4v) is 2.72. The molecule has 0 bridgehead atoms. The second kappa shape index (κ2) is 7.65. The molecule has 0 aromatic heterocycles. The fourth-order valence-electron chi connectivity index (χ4n) is 2.72. The number of hydrogen-bond acceptors (Lipinski definition) is 5. The molecule has 27 heavy (non-hydrogen) atoms. The molecule has 0 unspecified atom stereocenters. The molecule has 0 saturated carbocycles. The Balaban J connectivity index is 2.05. The van der Waals surface area contributed by atoms with Crippen molar-refractivity contribution in [1.29, 1.82) is 0 Å². The lowest BCUT2D eigenvalue weighted by Crippen LogP contribution is -2.32. The van der Waals surface area contributed by atoms with Crippen LogP contribution in [0.25, 0.3) is 0 Å². The highest BCUT2D eigenvalue weighted by atomic mass is 16.4. The maximum atomic E-state index is 12.9. The number of carbonyl (C=O) groups excluding carboxylic acids is 2. The molecule has 7 nitrogen and oxygen atoms in total. The standard InChI is InChI=1S/C20H16N2O5/c23-15(24)11-12-21-17(13-7-3-1-4-8-13)16-18(25)20(27)22(19(16)26)14-9-5-2-6-10-14/h1-10,25H,11-12H2,(H,23,24). The van der Waals surface area contributed by atoms with E-state index in [9.17, 15) is 19.5 Å². The van der Waals surface area contributed by atoms with Crippen molar-refractivity contribution in [3.05, 3.63) is 77.6 Å². The summed E-state index contributed by atoms with van der Waals surface area (Å²) in [7, 11) is 0. The predicted molar refractivity (Wildman–Crippen MR) is 98.7 cm³/mol. The number of anilines is 1. The number of hydrogen-bond donors (Lipinski definition) is 2. The molecule has 2 amide bonds. The van der Waals surface area contributed by atoms with E-state index < -0.39 is 23.5 Å². The van der Waals surface area contributed by atoms with Crippen LogP contribution in [0.3, 0.4) is 0 Å². The Morgan fingerprint density at radius 1 is 0.926 bits per heavy atom. The minimum absolute atomic E-state index is 0.0890. The van der Waals surface area contributed by atoms with Gasteiger partial charge in [0.15, 0.2) is 5.76 Å². The highest BCUT2D eigenvalue weighted by Crippen LogP contribution is 2.28. The van der Waals surface area contributed by atoms with Gasteiger partial charge in [-0.3, -0.25) is 19.4 Å². The SMILES string of the molecule is O=C(O)CCN=C(C1=C(O)C(=O)N(c2ccccc2)C1=O)c1ccccc1. The molecule has 0 fully saturated rings. The third-order valence-electron chi connectivity index (χ3n) is 3.95. The van der Waals surface area contributed by atoms with Crippen molar-refractivity contribution in [3.8, 4) is 0 Å². The van der Waals surface area contributed by atoms with Crippen molar-refractivity contribution in [1.82, 2.24) is 0 Å². The van der Waals surface area contributed by atoms with E-state index in [4.69, 9.17) is 5.11 Å². The normalized spacial score (nSPS) is 14.8. The lowest BCUT2D eigenvalue weighted by Gasteiger charge is -2.14.